The number of hydrogen-bond donors (Lipinski definition) is 0. The molecule has 0 aromatic carbocycles. The molecule has 0 aliphatic carbocycles. The predicted octanol–water partition coefficient (Wildman–Crippen LogP) is 1.52. The lowest BCUT2D eigenvalue weighted by molar-refractivity contribution is -0.150. The Morgan fingerprint density at radius 2 is 2.06 bits per heavy atom. The van der Waals surface area contributed by atoms with Crippen LogP contribution in [0.5, 0.6) is 0 Å². The molecule has 5 heteroatoms. The standard InChI is InChI=1S/C11H13N3O2/c1-9(7-13)6-11(8-14,4-3-5-12)10(15)16-2/h9H,3-4,6H2,1-2H3. The second-order valence-electron chi connectivity index (χ2n) is 3.58. The van der Waals surface area contributed by atoms with Gasteiger partial charge in [0, 0.05) is 12.3 Å². The van der Waals surface area contributed by atoms with Crippen LogP contribution >= 0.6 is 0 Å². The zero-order valence-electron chi connectivity index (χ0n) is 9.36. The van der Waals surface area contributed by atoms with Crippen molar-refractivity contribution in [3.05, 3.63) is 0 Å². The summed E-state index contributed by atoms with van der Waals surface area (Å²) in [7, 11) is 1.19. The summed E-state index contributed by atoms with van der Waals surface area (Å²) in [5, 5.41) is 26.3. The number of nitrogens with zero attached hydrogens (tertiary/aromatic N) is 3. The van der Waals surface area contributed by atoms with E-state index in [1.807, 2.05) is 18.2 Å². The first kappa shape index (κ1) is 13.9. The maximum Gasteiger partial charge on any atom is 0.326 e. The van der Waals surface area contributed by atoms with Gasteiger partial charge in [-0.2, -0.15) is 15.8 Å². The monoisotopic (exact) mass is 219 g/mol. The van der Waals surface area contributed by atoms with Crippen molar-refractivity contribution in [3.8, 4) is 18.2 Å². The van der Waals surface area contributed by atoms with E-state index in [4.69, 9.17) is 15.8 Å². The fourth-order valence-corrected chi connectivity index (χ4v) is 1.47. The number of rotatable bonds is 5. The first-order chi connectivity index (χ1) is 7.56. The van der Waals surface area contributed by atoms with Gasteiger partial charge in [-0.3, -0.25) is 4.79 Å². The molecule has 84 valence electrons. The fraction of sp³-hybridized carbons (Fsp3) is 0.636. The van der Waals surface area contributed by atoms with Crippen LogP contribution in [0.25, 0.3) is 0 Å². The molecule has 5 nitrogen and oxygen atoms in total. The van der Waals surface area contributed by atoms with Crippen molar-refractivity contribution in [1.29, 1.82) is 15.8 Å². The number of ether oxygens (including phenoxy) is 1. The molecular weight excluding hydrogens is 206 g/mol. The predicted molar refractivity (Wildman–Crippen MR) is 54.3 cm³/mol. The first-order valence-electron chi connectivity index (χ1n) is 4.82. The third-order valence-corrected chi connectivity index (χ3v) is 2.33. The van der Waals surface area contributed by atoms with Crippen LogP contribution < -0.4 is 0 Å². The molecule has 0 aliphatic heterocycles. The van der Waals surface area contributed by atoms with Crippen LogP contribution in [0.2, 0.25) is 0 Å². The quantitative estimate of drug-likeness (QED) is 0.653. The largest absolute Gasteiger partial charge is 0.468 e. The third-order valence-electron chi connectivity index (χ3n) is 2.33. The number of hydrogen-bond acceptors (Lipinski definition) is 5. The average Bonchev–Trinajstić information content (AvgIpc) is 2.33. The Bertz CT molecular complexity index is 372. The Kier molecular flexibility index (Phi) is 5.60. The molecule has 0 aromatic heterocycles. The van der Waals surface area contributed by atoms with E-state index in [9.17, 15) is 4.79 Å². The summed E-state index contributed by atoms with van der Waals surface area (Å²) >= 11 is 0. The summed E-state index contributed by atoms with van der Waals surface area (Å²) in [4.78, 5) is 11.6. The molecule has 0 N–H and O–H groups in total. The average molecular weight is 219 g/mol. The van der Waals surface area contributed by atoms with E-state index < -0.39 is 17.3 Å². The topological polar surface area (TPSA) is 97.7 Å². The van der Waals surface area contributed by atoms with E-state index in [0.717, 1.165) is 0 Å². The molecule has 0 bridgehead atoms. The second kappa shape index (κ2) is 6.43. The lowest BCUT2D eigenvalue weighted by atomic mass is 9.77. The Hall–Kier alpha value is -2.06. The highest BCUT2D eigenvalue weighted by Gasteiger charge is 2.40. The number of nitriles is 3. The van der Waals surface area contributed by atoms with Gasteiger partial charge in [0.2, 0.25) is 0 Å². The molecule has 2 atom stereocenters. The molecule has 0 saturated heterocycles. The van der Waals surface area contributed by atoms with Crippen molar-refractivity contribution in [1.82, 2.24) is 0 Å². The summed E-state index contributed by atoms with van der Waals surface area (Å²) in [6.07, 6.45) is 0.272. The minimum atomic E-state index is -1.38. The summed E-state index contributed by atoms with van der Waals surface area (Å²) in [6.45, 7) is 1.63. The zero-order valence-corrected chi connectivity index (χ0v) is 9.36. The Morgan fingerprint density at radius 1 is 1.44 bits per heavy atom. The highest BCUT2D eigenvalue weighted by molar-refractivity contribution is 5.80. The smallest absolute Gasteiger partial charge is 0.326 e. The van der Waals surface area contributed by atoms with Crippen molar-refractivity contribution in [3.63, 3.8) is 0 Å². The van der Waals surface area contributed by atoms with Crippen LogP contribution in [-0.4, -0.2) is 13.1 Å². The first-order valence-corrected chi connectivity index (χ1v) is 4.82. The van der Waals surface area contributed by atoms with Gasteiger partial charge in [0.05, 0.1) is 25.3 Å². The van der Waals surface area contributed by atoms with Gasteiger partial charge >= 0.3 is 5.97 Å². The molecule has 0 aliphatic rings. The molecule has 16 heavy (non-hydrogen) atoms. The van der Waals surface area contributed by atoms with Gasteiger partial charge < -0.3 is 4.74 Å². The summed E-state index contributed by atoms with van der Waals surface area (Å²) in [5.74, 6) is -1.11. The zero-order chi connectivity index (χ0) is 12.6. The van der Waals surface area contributed by atoms with E-state index >= 15 is 0 Å². The summed E-state index contributed by atoms with van der Waals surface area (Å²) in [6, 6.07) is 5.74. The van der Waals surface area contributed by atoms with Crippen LogP contribution in [0.4, 0.5) is 0 Å². The van der Waals surface area contributed by atoms with E-state index in [1.165, 1.54) is 7.11 Å². The van der Waals surface area contributed by atoms with Crippen LogP contribution in [0.1, 0.15) is 26.2 Å². The molecule has 0 spiro atoms. The maximum absolute atomic E-state index is 11.6. The minimum Gasteiger partial charge on any atom is -0.468 e. The molecule has 0 rings (SSSR count). The van der Waals surface area contributed by atoms with Crippen molar-refractivity contribution in [2.45, 2.75) is 26.2 Å². The highest BCUT2D eigenvalue weighted by atomic mass is 16.5. The molecule has 0 radical (unpaired) electrons. The van der Waals surface area contributed by atoms with Crippen molar-refractivity contribution in [2.24, 2.45) is 11.3 Å². The van der Waals surface area contributed by atoms with Crippen LogP contribution in [0, 0.1) is 45.3 Å². The molecule has 0 amide bonds. The molecule has 2 unspecified atom stereocenters. The second-order valence-corrected chi connectivity index (χ2v) is 3.58. The summed E-state index contributed by atoms with van der Waals surface area (Å²) < 4.78 is 4.57. The molecule has 0 fully saturated rings. The van der Waals surface area contributed by atoms with Crippen LogP contribution in [0.15, 0.2) is 0 Å². The molecule has 0 aromatic rings. The lowest BCUT2D eigenvalue weighted by Gasteiger charge is -2.23. The number of carbonyl (C=O) groups is 1. The molecule has 0 saturated carbocycles. The van der Waals surface area contributed by atoms with Crippen LogP contribution in [-0.2, 0) is 9.53 Å². The Balaban J connectivity index is 5.00. The Labute approximate surface area is 94.8 Å². The van der Waals surface area contributed by atoms with E-state index in [1.54, 1.807) is 6.92 Å². The van der Waals surface area contributed by atoms with Crippen molar-refractivity contribution < 1.29 is 9.53 Å². The van der Waals surface area contributed by atoms with Gasteiger partial charge in [0.1, 0.15) is 0 Å². The van der Waals surface area contributed by atoms with E-state index in [0.29, 0.717) is 0 Å². The Morgan fingerprint density at radius 3 is 2.44 bits per heavy atom. The summed E-state index contributed by atoms with van der Waals surface area (Å²) in [5.41, 5.74) is -1.38. The van der Waals surface area contributed by atoms with Crippen molar-refractivity contribution >= 4 is 5.97 Å². The van der Waals surface area contributed by atoms with E-state index in [-0.39, 0.29) is 19.3 Å². The van der Waals surface area contributed by atoms with Gasteiger partial charge in [0.25, 0.3) is 0 Å². The van der Waals surface area contributed by atoms with Gasteiger partial charge in [0.15, 0.2) is 5.41 Å². The minimum absolute atomic E-state index is 0.0841. The highest BCUT2D eigenvalue weighted by Crippen LogP contribution is 2.32. The van der Waals surface area contributed by atoms with Gasteiger partial charge in [-0.05, 0) is 19.8 Å². The number of esters is 1. The third kappa shape index (κ3) is 3.26. The molecular formula is C11H13N3O2. The van der Waals surface area contributed by atoms with Gasteiger partial charge in [-0.1, -0.05) is 0 Å². The number of carbonyl (C=O) groups excluding carboxylic acids is 1. The fourth-order valence-electron chi connectivity index (χ4n) is 1.47. The lowest BCUT2D eigenvalue weighted by Crippen LogP contribution is -2.32. The molecule has 0 heterocycles. The van der Waals surface area contributed by atoms with E-state index in [2.05, 4.69) is 4.74 Å². The normalized spacial score (nSPS) is 14.7. The van der Waals surface area contributed by atoms with Gasteiger partial charge in [-0.15, -0.1) is 0 Å². The van der Waals surface area contributed by atoms with Crippen LogP contribution in [0.3, 0.4) is 0 Å². The number of methoxy groups -OCH3 is 1. The van der Waals surface area contributed by atoms with Crippen molar-refractivity contribution in [2.75, 3.05) is 7.11 Å². The SMILES string of the molecule is COC(=O)C(C#N)(CCC#N)CC(C)C#N. The maximum atomic E-state index is 11.6. The van der Waals surface area contributed by atoms with Gasteiger partial charge in [-0.25, -0.2) is 0 Å².